The van der Waals surface area contributed by atoms with E-state index >= 15 is 0 Å². The summed E-state index contributed by atoms with van der Waals surface area (Å²) in [5.74, 6) is 0.594. The Hall–Kier alpha value is -2.42. The average molecular weight is 486 g/mol. The summed E-state index contributed by atoms with van der Waals surface area (Å²) in [6.45, 7) is 1.21. The van der Waals surface area contributed by atoms with E-state index < -0.39 is 10.0 Å². The van der Waals surface area contributed by atoms with Crippen molar-refractivity contribution in [2.75, 3.05) is 40.8 Å². The van der Waals surface area contributed by atoms with Gasteiger partial charge in [0.1, 0.15) is 5.75 Å². The van der Waals surface area contributed by atoms with Gasteiger partial charge in [0, 0.05) is 25.6 Å². The molecule has 1 aliphatic heterocycles. The van der Waals surface area contributed by atoms with E-state index in [1.54, 1.807) is 13.2 Å². The largest absolute Gasteiger partial charge is 0.497 e. The van der Waals surface area contributed by atoms with E-state index in [1.807, 2.05) is 50.5 Å². The molecule has 2 aliphatic rings. The number of amides is 1. The summed E-state index contributed by atoms with van der Waals surface area (Å²) >= 11 is 0. The van der Waals surface area contributed by atoms with Gasteiger partial charge >= 0.3 is 0 Å². The fourth-order valence-corrected chi connectivity index (χ4v) is 6.53. The Bertz CT molecular complexity index is 1120. The number of ether oxygens (including phenoxy) is 1. The normalized spacial score (nSPS) is 18.0. The van der Waals surface area contributed by atoms with E-state index in [2.05, 4.69) is 10.2 Å². The highest BCUT2D eigenvalue weighted by Gasteiger charge is 2.33. The van der Waals surface area contributed by atoms with Gasteiger partial charge in [-0.1, -0.05) is 18.2 Å². The molecule has 1 saturated heterocycles. The molecule has 1 atom stereocenters. The average Bonchev–Trinajstić information content (AvgIpc) is 3.32. The number of nitrogens with one attached hydrogen (secondary N) is 1. The first-order chi connectivity index (χ1) is 16.3. The molecule has 4 rings (SSSR count). The zero-order chi connectivity index (χ0) is 24.3. The molecule has 0 unspecified atom stereocenters. The molecule has 1 amide bonds. The predicted octanol–water partition coefficient (Wildman–Crippen LogP) is 3.00. The lowest BCUT2D eigenvalue weighted by Crippen LogP contribution is -2.44. The van der Waals surface area contributed by atoms with Crippen LogP contribution in [0.1, 0.15) is 42.0 Å². The molecule has 0 saturated carbocycles. The van der Waals surface area contributed by atoms with Crippen LogP contribution in [0.25, 0.3) is 0 Å². The first-order valence-electron chi connectivity index (χ1n) is 12.0. The summed E-state index contributed by atoms with van der Waals surface area (Å²) in [6, 6.07) is 13.4. The van der Waals surface area contributed by atoms with Gasteiger partial charge in [-0.05, 0) is 87.2 Å². The molecule has 8 heteroatoms. The highest BCUT2D eigenvalue weighted by atomic mass is 32.2. The number of likely N-dealkylation sites (N-methyl/N-ethyl adjacent to an activating group) is 1. The molecule has 2 aromatic carbocycles. The first-order valence-corrected chi connectivity index (χ1v) is 13.4. The Kier molecular flexibility index (Phi) is 7.60. The van der Waals surface area contributed by atoms with Gasteiger partial charge in [-0.15, -0.1) is 0 Å². The molecule has 1 heterocycles. The number of sulfonamides is 1. The lowest BCUT2D eigenvalue weighted by molar-refractivity contribution is -0.126. The Balaban J connectivity index is 1.34. The number of hydrogen-bond donors (Lipinski definition) is 1. The minimum atomic E-state index is -3.53. The standard InChI is InChI=1S/C26H35N3O4S/c1-28(2)25(22-8-5-9-23(16-22)33-3)18-27-26(30)20-12-14-29(15-13-20)34(31,32)24-11-10-19-6-4-7-21(19)17-24/h5,8-11,16-17,20,25H,4,6-7,12-15,18H2,1-3H3,(H,27,30)/t25-/m1/s1. The highest BCUT2D eigenvalue weighted by Crippen LogP contribution is 2.29. The van der Waals surface area contributed by atoms with Crippen LogP contribution < -0.4 is 10.1 Å². The SMILES string of the molecule is COc1cccc([C@@H](CNC(=O)C2CCN(S(=O)(=O)c3ccc4c(c3)CCC4)CC2)N(C)C)c1. The number of rotatable bonds is 8. The van der Waals surface area contributed by atoms with Gasteiger partial charge in [0.25, 0.3) is 0 Å². The van der Waals surface area contributed by atoms with Crippen LogP contribution in [0.5, 0.6) is 5.75 Å². The molecule has 34 heavy (non-hydrogen) atoms. The number of methoxy groups -OCH3 is 1. The van der Waals surface area contributed by atoms with E-state index in [9.17, 15) is 13.2 Å². The lowest BCUT2D eigenvalue weighted by Gasteiger charge is -2.31. The fraction of sp³-hybridized carbons (Fsp3) is 0.500. The van der Waals surface area contributed by atoms with Crippen LogP contribution in [-0.4, -0.2) is 64.4 Å². The molecule has 1 N–H and O–H groups in total. The summed E-state index contributed by atoms with van der Waals surface area (Å²) in [4.78, 5) is 15.4. The number of aryl methyl sites for hydroxylation is 2. The molecule has 184 valence electrons. The van der Waals surface area contributed by atoms with Gasteiger partial charge in [0.05, 0.1) is 18.0 Å². The van der Waals surface area contributed by atoms with Crippen molar-refractivity contribution < 1.29 is 17.9 Å². The number of carbonyl (C=O) groups excluding carboxylic acids is 1. The molecule has 0 bridgehead atoms. The molecule has 0 spiro atoms. The molecule has 7 nitrogen and oxygen atoms in total. The maximum Gasteiger partial charge on any atom is 0.243 e. The quantitative estimate of drug-likeness (QED) is 0.622. The molecule has 1 aliphatic carbocycles. The maximum atomic E-state index is 13.2. The second-order valence-electron chi connectivity index (χ2n) is 9.46. The third-order valence-electron chi connectivity index (χ3n) is 7.10. The summed E-state index contributed by atoms with van der Waals surface area (Å²) in [6.07, 6.45) is 4.13. The zero-order valence-corrected chi connectivity index (χ0v) is 21.1. The summed E-state index contributed by atoms with van der Waals surface area (Å²) in [5, 5.41) is 3.09. The predicted molar refractivity (Wildman–Crippen MR) is 132 cm³/mol. The van der Waals surface area contributed by atoms with E-state index in [4.69, 9.17) is 4.74 Å². The van der Waals surface area contributed by atoms with E-state index in [-0.39, 0.29) is 17.9 Å². The minimum absolute atomic E-state index is 0.00988. The number of nitrogens with zero attached hydrogens (tertiary/aromatic N) is 2. The van der Waals surface area contributed by atoms with Gasteiger partial charge in [-0.2, -0.15) is 4.31 Å². The monoisotopic (exact) mass is 485 g/mol. The Morgan fingerprint density at radius 1 is 1.12 bits per heavy atom. The number of benzene rings is 2. The maximum absolute atomic E-state index is 13.2. The number of carbonyl (C=O) groups is 1. The number of hydrogen-bond acceptors (Lipinski definition) is 5. The fourth-order valence-electron chi connectivity index (χ4n) is 5.01. The van der Waals surface area contributed by atoms with Crippen LogP contribution in [0.3, 0.4) is 0 Å². The van der Waals surface area contributed by atoms with Gasteiger partial charge in [0.2, 0.25) is 15.9 Å². The number of fused-ring (bicyclic) bond motifs is 1. The molecule has 1 fully saturated rings. The van der Waals surface area contributed by atoms with Crippen molar-refractivity contribution in [1.29, 1.82) is 0 Å². The highest BCUT2D eigenvalue weighted by molar-refractivity contribution is 7.89. The molecule has 0 aromatic heterocycles. The van der Waals surface area contributed by atoms with Crippen LogP contribution in [0.2, 0.25) is 0 Å². The first kappa shape index (κ1) is 24.7. The Morgan fingerprint density at radius 3 is 2.56 bits per heavy atom. The van der Waals surface area contributed by atoms with Crippen LogP contribution in [0, 0.1) is 5.92 Å². The summed E-state index contributed by atoms with van der Waals surface area (Å²) < 4.78 is 33.2. The summed E-state index contributed by atoms with van der Waals surface area (Å²) in [7, 11) is 2.08. The molecular weight excluding hydrogens is 450 g/mol. The molecule has 2 aromatic rings. The zero-order valence-electron chi connectivity index (χ0n) is 20.3. The van der Waals surface area contributed by atoms with Crippen molar-refractivity contribution >= 4 is 15.9 Å². The van der Waals surface area contributed by atoms with Gasteiger partial charge in [-0.25, -0.2) is 8.42 Å². The van der Waals surface area contributed by atoms with Gasteiger partial charge in [0.15, 0.2) is 0 Å². The second kappa shape index (κ2) is 10.5. The van der Waals surface area contributed by atoms with Crippen molar-refractivity contribution in [3.63, 3.8) is 0 Å². The van der Waals surface area contributed by atoms with Crippen LogP contribution in [0.4, 0.5) is 0 Å². The lowest BCUT2D eigenvalue weighted by atomic mass is 9.97. The van der Waals surface area contributed by atoms with Crippen LogP contribution in [0.15, 0.2) is 47.4 Å². The van der Waals surface area contributed by atoms with Gasteiger partial charge in [-0.3, -0.25) is 4.79 Å². The smallest absolute Gasteiger partial charge is 0.243 e. The van der Waals surface area contributed by atoms with Crippen molar-refractivity contribution in [3.8, 4) is 5.75 Å². The molecular formula is C26H35N3O4S. The van der Waals surface area contributed by atoms with Crippen LogP contribution in [-0.2, 0) is 27.7 Å². The van der Waals surface area contributed by atoms with Crippen molar-refractivity contribution in [1.82, 2.24) is 14.5 Å². The third-order valence-corrected chi connectivity index (χ3v) is 9.00. The topological polar surface area (TPSA) is 79.0 Å². The minimum Gasteiger partial charge on any atom is -0.497 e. The van der Waals surface area contributed by atoms with Gasteiger partial charge < -0.3 is 15.0 Å². The molecule has 0 radical (unpaired) electrons. The van der Waals surface area contributed by atoms with Crippen molar-refractivity contribution in [2.24, 2.45) is 5.92 Å². The Labute approximate surface area is 203 Å². The van der Waals surface area contributed by atoms with Crippen LogP contribution >= 0.6 is 0 Å². The van der Waals surface area contributed by atoms with Crippen molar-refractivity contribution in [3.05, 3.63) is 59.2 Å². The van der Waals surface area contributed by atoms with E-state index in [0.29, 0.717) is 37.4 Å². The summed E-state index contributed by atoms with van der Waals surface area (Å²) in [5.41, 5.74) is 3.49. The van der Waals surface area contributed by atoms with Crippen molar-refractivity contribution in [2.45, 2.75) is 43.0 Å². The Morgan fingerprint density at radius 2 is 1.85 bits per heavy atom. The second-order valence-corrected chi connectivity index (χ2v) is 11.4. The van der Waals surface area contributed by atoms with E-state index in [0.717, 1.165) is 36.1 Å². The number of piperidine rings is 1. The third kappa shape index (κ3) is 5.29. The van der Waals surface area contributed by atoms with E-state index in [1.165, 1.54) is 9.87 Å².